The largest absolute Gasteiger partial charge is 0.337 e. The first-order valence-corrected chi connectivity index (χ1v) is 11.7. The first kappa shape index (κ1) is 21.6. The minimum absolute atomic E-state index is 0.0331. The molecule has 29 heavy (non-hydrogen) atoms. The molecule has 0 aromatic carbocycles. The number of nitrogens with one attached hydrogen (secondary N) is 1. The molecular formula is C20H22N4O2S3. The molecule has 0 aliphatic heterocycles. The fraction of sp³-hybridized carbons (Fsp3) is 0.400. The lowest BCUT2D eigenvalue weighted by Gasteiger charge is -2.28. The molecule has 0 saturated carbocycles. The molecule has 2 unspecified atom stereocenters. The van der Waals surface area contributed by atoms with E-state index in [0.717, 1.165) is 10.4 Å². The van der Waals surface area contributed by atoms with Gasteiger partial charge in [0.2, 0.25) is 5.91 Å². The lowest BCUT2D eigenvalue weighted by Crippen LogP contribution is -2.51. The zero-order chi connectivity index (χ0) is 21.3. The number of hydrogen-bond donors (Lipinski definition) is 1. The number of fused-ring (bicyclic) bond motifs is 1. The molecule has 0 aliphatic carbocycles. The quantitative estimate of drug-likeness (QED) is 0.451. The molecule has 0 fully saturated rings. The monoisotopic (exact) mass is 446 g/mol. The van der Waals surface area contributed by atoms with Crippen molar-refractivity contribution in [3.05, 3.63) is 33.2 Å². The molecule has 1 amide bonds. The average molecular weight is 447 g/mol. The van der Waals surface area contributed by atoms with Crippen molar-refractivity contribution in [1.29, 1.82) is 5.26 Å². The molecule has 9 heteroatoms. The van der Waals surface area contributed by atoms with Gasteiger partial charge in [-0.1, -0.05) is 31.7 Å². The fourth-order valence-corrected chi connectivity index (χ4v) is 5.32. The summed E-state index contributed by atoms with van der Waals surface area (Å²) in [6.45, 7) is 7.25. The third kappa shape index (κ3) is 4.10. The summed E-state index contributed by atoms with van der Waals surface area (Å²) >= 11 is 4.23. The third-order valence-electron chi connectivity index (χ3n) is 4.98. The number of hydrogen-bond acceptors (Lipinski definition) is 7. The minimum atomic E-state index is -0.946. The van der Waals surface area contributed by atoms with Crippen LogP contribution in [0.15, 0.2) is 32.8 Å². The maximum atomic E-state index is 13.0. The summed E-state index contributed by atoms with van der Waals surface area (Å²) in [5, 5.41) is 16.8. The van der Waals surface area contributed by atoms with Gasteiger partial charge in [0.25, 0.3) is 5.56 Å². The Morgan fingerprint density at radius 1 is 1.38 bits per heavy atom. The molecule has 152 valence electrons. The highest BCUT2D eigenvalue weighted by Crippen LogP contribution is 2.35. The Morgan fingerprint density at radius 3 is 2.69 bits per heavy atom. The van der Waals surface area contributed by atoms with Crippen molar-refractivity contribution in [1.82, 2.24) is 14.9 Å². The van der Waals surface area contributed by atoms with Crippen LogP contribution in [-0.2, 0) is 11.8 Å². The number of thiophene rings is 2. The third-order valence-corrected chi connectivity index (χ3v) is 7.90. The second kappa shape index (κ2) is 8.30. The Balaban J connectivity index is 1.89. The van der Waals surface area contributed by atoms with Crippen LogP contribution in [0.3, 0.4) is 0 Å². The van der Waals surface area contributed by atoms with E-state index in [2.05, 4.69) is 16.4 Å². The summed E-state index contributed by atoms with van der Waals surface area (Å²) < 4.78 is 1.49. The standard InChI is InChI=1S/C20H22N4O2S3/c1-11(2)20(4,10-21)23-16(25)12(3)29-19-22-17-15(18(26)24(19)5)13(9-28-17)14-7-6-8-27-14/h6-9,11-12H,1-5H3,(H,23,25). The van der Waals surface area contributed by atoms with Crippen molar-refractivity contribution in [2.45, 2.75) is 43.6 Å². The van der Waals surface area contributed by atoms with Crippen LogP contribution in [0.4, 0.5) is 0 Å². The topological polar surface area (TPSA) is 87.8 Å². The molecule has 6 nitrogen and oxygen atoms in total. The van der Waals surface area contributed by atoms with Gasteiger partial charge in [-0.3, -0.25) is 14.2 Å². The average Bonchev–Trinajstić information content (AvgIpc) is 3.34. The number of aromatic nitrogens is 2. The van der Waals surface area contributed by atoms with Crippen molar-refractivity contribution < 1.29 is 4.79 Å². The van der Waals surface area contributed by atoms with Gasteiger partial charge in [-0.25, -0.2) is 4.98 Å². The first-order valence-electron chi connectivity index (χ1n) is 9.10. The van der Waals surface area contributed by atoms with Crippen LogP contribution in [0.5, 0.6) is 0 Å². The summed E-state index contributed by atoms with van der Waals surface area (Å²) in [6, 6.07) is 6.12. The molecule has 3 rings (SSSR count). The van der Waals surface area contributed by atoms with Gasteiger partial charge in [0.15, 0.2) is 5.16 Å². The van der Waals surface area contributed by atoms with Crippen LogP contribution in [0.1, 0.15) is 27.7 Å². The van der Waals surface area contributed by atoms with E-state index in [1.54, 1.807) is 32.2 Å². The number of thioether (sulfide) groups is 1. The number of carbonyl (C=O) groups excluding carboxylic acids is 1. The van der Waals surface area contributed by atoms with E-state index < -0.39 is 10.8 Å². The maximum Gasteiger partial charge on any atom is 0.263 e. The summed E-state index contributed by atoms with van der Waals surface area (Å²) in [5.74, 6) is -0.290. The van der Waals surface area contributed by atoms with Gasteiger partial charge in [-0.05, 0) is 31.2 Å². The van der Waals surface area contributed by atoms with E-state index in [-0.39, 0.29) is 17.4 Å². The maximum absolute atomic E-state index is 13.0. The van der Waals surface area contributed by atoms with E-state index >= 15 is 0 Å². The zero-order valence-corrected chi connectivity index (χ0v) is 19.3. The number of amides is 1. The van der Waals surface area contributed by atoms with E-state index in [1.165, 1.54) is 27.7 Å². The molecule has 0 bridgehead atoms. The van der Waals surface area contributed by atoms with Crippen molar-refractivity contribution in [3.8, 4) is 16.5 Å². The lowest BCUT2D eigenvalue weighted by molar-refractivity contribution is -0.121. The molecule has 1 N–H and O–H groups in total. The second-order valence-electron chi connectivity index (χ2n) is 7.28. The Labute approximate surface area is 181 Å². The summed E-state index contributed by atoms with van der Waals surface area (Å²) in [6.07, 6.45) is 0. The summed E-state index contributed by atoms with van der Waals surface area (Å²) in [7, 11) is 1.67. The van der Waals surface area contributed by atoms with Gasteiger partial charge in [-0.2, -0.15) is 5.26 Å². The van der Waals surface area contributed by atoms with E-state index in [4.69, 9.17) is 0 Å². The van der Waals surface area contributed by atoms with E-state index in [0.29, 0.717) is 15.4 Å². The Kier molecular flexibility index (Phi) is 6.17. The SMILES string of the molecule is CC(Sc1nc2scc(-c3cccs3)c2c(=O)n1C)C(=O)NC(C)(C#N)C(C)C. The minimum Gasteiger partial charge on any atom is -0.337 e. The Bertz CT molecular complexity index is 1140. The predicted molar refractivity (Wildman–Crippen MR) is 120 cm³/mol. The van der Waals surface area contributed by atoms with E-state index in [9.17, 15) is 14.9 Å². The number of nitriles is 1. The second-order valence-corrected chi connectivity index (χ2v) is 10.4. The molecule has 2 atom stereocenters. The Morgan fingerprint density at radius 2 is 2.10 bits per heavy atom. The van der Waals surface area contributed by atoms with Crippen molar-refractivity contribution in [2.75, 3.05) is 0 Å². The first-order chi connectivity index (χ1) is 13.7. The highest BCUT2D eigenvalue weighted by molar-refractivity contribution is 8.00. The number of nitrogens with zero attached hydrogens (tertiary/aromatic N) is 3. The highest BCUT2D eigenvalue weighted by atomic mass is 32.2. The Hall–Kier alpha value is -2.15. The molecule has 3 aromatic heterocycles. The normalized spacial score (nSPS) is 14.5. The zero-order valence-electron chi connectivity index (χ0n) is 16.8. The van der Waals surface area contributed by atoms with Crippen LogP contribution < -0.4 is 10.9 Å². The van der Waals surface area contributed by atoms with Crippen LogP contribution >= 0.6 is 34.4 Å². The van der Waals surface area contributed by atoms with Crippen LogP contribution in [0, 0.1) is 17.2 Å². The molecule has 0 aliphatic rings. The molecule has 3 aromatic rings. The van der Waals surface area contributed by atoms with Gasteiger partial charge in [0.05, 0.1) is 16.7 Å². The molecule has 0 saturated heterocycles. The van der Waals surface area contributed by atoms with Crippen LogP contribution in [-0.4, -0.2) is 26.2 Å². The van der Waals surface area contributed by atoms with Crippen LogP contribution in [0.2, 0.25) is 0 Å². The van der Waals surface area contributed by atoms with Gasteiger partial charge in [0.1, 0.15) is 10.4 Å². The fourth-order valence-electron chi connectivity index (χ4n) is 2.64. The van der Waals surface area contributed by atoms with Crippen molar-refractivity contribution >= 4 is 50.6 Å². The summed E-state index contributed by atoms with van der Waals surface area (Å²) in [4.78, 5) is 32.0. The smallest absolute Gasteiger partial charge is 0.263 e. The molecule has 3 heterocycles. The van der Waals surface area contributed by atoms with Gasteiger partial charge < -0.3 is 5.32 Å². The number of carbonyl (C=O) groups is 1. The van der Waals surface area contributed by atoms with Gasteiger partial charge >= 0.3 is 0 Å². The number of rotatable bonds is 6. The lowest BCUT2D eigenvalue weighted by atomic mass is 9.90. The summed E-state index contributed by atoms with van der Waals surface area (Å²) in [5.41, 5.74) is -0.172. The van der Waals surface area contributed by atoms with Crippen molar-refractivity contribution in [2.24, 2.45) is 13.0 Å². The highest BCUT2D eigenvalue weighted by Gasteiger charge is 2.32. The van der Waals surface area contributed by atoms with Gasteiger partial charge in [0, 0.05) is 22.9 Å². The van der Waals surface area contributed by atoms with Gasteiger partial charge in [-0.15, -0.1) is 22.7 Å². The van der Waals surface area contributed by atoms with Crippen LogP contribution in [0.25, 0.3) is 20.7 Å². The van der Waals surface area contributed by atoms with Crippen molar-refractivity contribution in [3.63, 3.8) is 0 Å². The molecule has 0 radical (unpaired) electrons. The predicted octanol–water partition coefficient (Wildman–Crippen LogP) is 4.26. The molecular weight excluding hydrogens is 424 g/mol. The van der Waals surface area contributed by atoms with E-state index in [1.807, 2.05) is 36.7 Å². The molecule has 0 spiro atoms.